The number of benzene rings is 6. The van der Waals surface area contributed by atoms with Gasteiger partial charge in [-0.3, -0.25) is 24.1 Å². The van der Waals surface area contributed by atoms with Crippen LogP contribution in [0.2, 0.25) is 0 Å². The maximum atomic E-state index is 14.2. The second-order valence-electron chi connectivity index (χ2n) is 10.9. The minimum Gasteiger partial charge on any atom is -0.277 e. The summed E-state index contributed by atoms with van der Waals surface area (Å²) in [7, 11) is 1.50. The molecule has 0 fully saturated rings. The zero-order valence-corrected chi connectivity index (χ0v) is 22.8. The third-order valence-corrected chi connectivity index (χ3v) is 9.03. The third kappa shape index (κ3) is 2.76. The molecule has 198 valence electrons. The lowest BCUT2D eigenvalue weighted by molar-refractivity contribution is 0.0650. The van der Waals surface area contributed by atoms with Crippen molar-refractivity contribution in [1.82, 2.24) is 4.90 Å². The molecule has 0 aliphatic carbocycles. The van der Waals surface area contributed by atoms with Gasteiger partial charge in [-0.25, -0.2) is 4.90 Å². The van der Waals surface area contributed by atoms with Crippen LogP contribution in [0.5, 0.6) is 0 Å². The van der Waals surface area contributed by atoms with E-state index in [4.69, 9.17) is 0 Å². The molecule has 41 heavy (non-hydrogen) atoms. The number of nitrogens with zero attached hydrogens (tertiary/aromatic N) is 2. The number of para-hydroxylation sites is 1. The van der Waals surface area contributed by atoms with Crippen LogP contribution in [0.4, 0.5) is 5.69 Å². The number of carbonyl (C=O) groups is 4. The molecule has 0 spiro atoms. The fraction of sp³-hybridized carbons (Fsp3) is 0.143. The molecular weight excluding hydrogens is 512 g/mol. The number of fused-ring (bicyclic) bond motifs is 2. The van der Waals surface area contributed by atoms with E-state index in [2.05, 4.69) is 0 Å². The number of carbonyl (C=O) groups excluding carboxylic acids is 4. The van der Waals surface area contributed by atoms with Crippen molar-refractivity contribution in [3.05, 3.63) is 100 Å². The van der Waals surface area contributed by atoms with E-state index in [1.54, 1.807) is 12.1 Å². The lowest BCUT2D eigenvalue weighted by Gasteiger charge is -2.31. The van der Waals surface area contributed by atoms with Crippen LogP contribution in [0.3, 0.4) is 0 Å². The highest BCUT2D eigenvalue weighted by Gasteiger charge is 2.38. The highest BCUT2D eigenvalue weighted by molar-refractivity contribution is 6.43. The number of imide groups is 2. The molecule has 0 bridgehead atoms. The standard InChI is InChI=1S/C35H24N2O4/c1-4-17-7-6-8-18(5-2)31(17)37-34(40)25-15-11-21-19-9-13-23-29-24(33(39)36(3)32(23)38)14-10-20(27(19)29)22-12-16-26(35(37)41)30(25)28(21)22/h6-16H,4-5H2,1-3H3. The van der Waals surface area contributed by atoms with Gasteiger partial charge in [0.1, 0.15) is 0 Å². The van der Waals surface area contributed by atoms with Crippen molar-refractivity contribution in [2.24, 2.45) is 0 Å². The van der Waals surface area contributed by atoms with Gasteiger partial charge in [0, 0.05) is 40.1 Å². The molecule has 2 heterocycles. The number of aryl methyl sites for hydroxylation is 2. The third-order valence-electron chi connectivity index (χ3n) is 9.03. The number of amides is 4. The number of rotatable bonds is 3. The molecule has 0 saturated heterocycles. The van der Waals surface area contributed by atoms with Crippen LogP contribution in [0.15, 0.2) is 66.7 Å². The van der Waals surface area contributed by atoms with Gasteiger partial charge in [0.2, 0.25) is 0 Å². The van der Waals surface area contributed by atoms with Crippen molar-refractivity contribution in [2.75, 3.05) is 11.9 Å². The van der Waals surface area contributed by atoms with E-state index in [9.17, 15) is 19.2 Å². The molecule has 6 aromatic rings. The Morgan fingerprint density at radius 3 is 1.22 bits per heavy atom. The lowest BCUT2D eigenvalue weighted by Crippen LogP contribution is -2.41. The van der Waals surface area contributed by atoms with Crippen LogP contribution in [-0.4, -0.2) is 35.6 Å². The first-order valence-electron chi connectivity index (χ1n) is 13.9. The molecule has 0 saturated carbocycles. The Hall–Kier alpha value is -5.10. The van der Waals surface area contributed by atoms with E-state index in [1.807, 2.05) is 68.4 Å². The monoisotopic (exact) mass is 536 g/mol. The van der Waals surface area contributed by atoms with E-state index in [0.717, 1.165) is 48.3 Å². The summed E-state index contributed by atoms with van der Waals surface area (Å²) in [6, 6.07) is 20.8. The molecule has 6 nitrogen and oxygen atoms in total. The second-order valence-corrected chi connectivity index (χ2v) is 10.9. The predicted molar refractivity (Wildman–Crippen MR) is 160 cm³/mol. The first-order valence-corrected chi connectivity index (χ1v) is 13.9. The SMILES string of the molecule is CCc1cccc(CC)c1N1C(=O)c2ccc3c4ccc5c6c(ccc(c7ccc(c2c37)C1=O)c64)C(=O)N(C)C5=O. The molecular formula is C35H24N2O4. The van der Waals surface area contributed by atoms with Crippen LogP contribution in [0.1, 0.15) is 66.4 Å². The Balaban J connectivity index is 1.47. The van der Waals surface area contributed by atoms with E-state index in [1.165, 1.54) is 11.9 Å². The second kappa shape index (κ2) is 7.98. The molecule has 0 N–H and O–H groups in total. The van der Waals surface area contributed by atoms with E-state index in [0.29, 0.717) is 51.6 Å². The van der Waals surface area contributed by atoms with Crippen LogP contribution in [-0.2, 0) is 12.8 Å². The first-order chi connectivity index (χ1) is 19.9. The van der Waals surface area contributed by atoms with Gasteiger partial charge in [0.15, 0.2) is 0 Å². The molecule has 2 aliphatic heterocycles. The van der Waals surface area contributed by atoms with Gasteiger partial charge >= 0.3 is 0 Å². The average molecular weight is 537 g/mol. The van der Waals surface area contributed by atoms with Crippen LogP contribution in [0, 0.1) is 0 Å². The van der Waals surface area contributed by atoms with Crippen LogP contribution >= 0.6 is 0 Å². The van der Waals surface area contributed by atoms with Gasteiger partial charge in [0.25, 0.3) is 23.6 Å². The molecule has 8 rings (SSSR count). The van der Waals surface area contributed by atoms with Crippen molar-refractivity contribution in [3.8, 4) is 0 Å². The quantitative estimate of drug-likeness (QED) is 0.140. The highest BCUT2D eigenvalue weighted by Crippen LogP contribution is 2.46. The number of hydrogen-bond donors (Lipinski definition) is 0. The lowest BCUT2D eigenvalue weighted by atomic mass is 9.82. The summed E-state index contributed by atoms with van der Waals surface area (Å²) in [6.07, 6.45) is 1.40. The fourth-order valence-corrected chi connectivity index (χ4v) is 7.09. The minimum atomic E-state index is -0.322. The number of hydrogen-bond acceptors (Lipinski definition) is 4. The topological polar surface area (TPSA) is 74.8 Å². The van der Waals surface area contributed by atoms with Crippen molar-refractivity contribution in [1.29, 1.82) is 0 Å². The summed E-state index contributed by atoms with van der Waals surface area (Å²) in [5, 5.41) is 6.55. The molecule has 2 aliphatic rings. The summed E-state index contributed by atoms with van der Waals surface area (Å²) in [5.74, 6) is -1.29. The molecule has 0 aromatic heterocycles. The van der Waals surface area contributed by atoms with Gasteiger partial charge in [-0.2, -0.15) is 0 Å². The van der Waals surface area contributed by atoms with E-state index in [-0.39, 0.29) is 23.6 Å². The van der Waals surface area contributed by atoms with Crippen molar-refractivity contribution < 1.29 is 19.2 Å². The smallest absolute Gasteiger partial charge is 0.266 e. The van der Waals surface area contributed by atoms with E-state index >= 15 is 0 Å². The summed E-state index contributed by atoms with van der Waals surface area (Å²) in [6.45, 7) is 4.06. The first kappa shape index (κ1) is 23.8. The number of anilines is 1. The Bertz CT molecular complexity index is 2090. The fourth-order valence-electron chi connectivity index (χ4n) is 7.09. The Morgan fingerprint density at radius 1 is 0.488 bits per heavy atom. The summed E-state index contributed by atoms with van der Waals surface area (Å²) in [5.41, 5.74) is 4.60. The molecule has 4 amide bonds. The summed E-state index contributed by atoms with van der Waals surface area (Å²) >= 11 is 0. The van der Waals surface area contributed by atoms with Gasteiger partial charge in [0.05, 0.1) is 5.69 Å². The van der Waals surface area contributed by atoms with Crippen LogP contribution in [0.25, 0.3) is 43.1 Å². The normalized spacial score (nSPS) is 15.0. The van der Waals surface area contributed by atoms with Gasteiger partial charge in [-0.15, -0.1) is 0 Å². The van der Waals surface area contributed by atoms with Crippen molar-refractivity contribution in [3.63, 3.8) is 0 Å². The predicted octanol–water partition coefficient (Wildman–Crippen LogP) is 6.89. The zero-order valence-electron chi connectivity index (χ0n) is 22.8. The Morgan fingerprint density at radius 2 is 0.854 bits per heavy atom. The zero-order chi connectivity index (χ0) is 28.3. The molecule has 0 radical (unpaired) electrons. The van der Waals surface area contributed by atoms with E-state index < -0.39 is 0 Å². The van der Waals surface area contributed by atoms with Gasteiger partial charge in [-0.1, -0.05) is 56.3 Å². The van der Waals surface area contributed by atoms with Gasteiger partial charge < -0.3 is 0 Å². The maximum absolute atomic E-state index is 14.2. The molecule has 0 unspecified atom stereocenters. The van der Waals surface area contributed by atoms with Gasteiger partial charge in [-0.05, 0) is 80.6 Å². The van der Waals surface area contributed by atoms with Crippen molar-refractivity contribution in [2.45, 2.75) is 26.7 Å². The maximum Gasteiger partial charge on any atom is 0.266 e. The molecule has 0 atom stereocenters. The summed E-state index contributed by atoms with van der Waals surface area (Å²) in [4.78, 5) is 57.0. The molecule has 6 heteroatoms. The highest BCUT2D eigenvalue weighted by atomic mass is 16.2. The molecule has 6 aromatic carbocycles. The minimum absolute atomic E-state index is 0.322. The Labute approximate surface area is 235 Å². The Kier molecular flexibility index (Phi) is 4.62. The largest absolute Gasteiger partial charge is 0.277 e. The summed E-state index contributed by atoms with van der Waals surface area (Å²) < 4.78 is 0. The van der Waals surface area contributed by atoms with Crippen LogP contribution < -0.4 is 4.90 Å². The van der Waals surface area contributed by atoms with Crippen molar-refractivity contribution >= 4 is 72.4 Å². The average Bonchev–Trinajstić information content (AvgIpc) is 3.00.